The van der Waals surface area contributed by atoms with Gasteiger partial charge >= 0.3 is 0 Å². The molecule has 62 valence electrons. The molecule has 0 aromatic heterocycles. The van der Waals surface area contributed by atoms with E-state index in [2.05, 4.69) is 13.8 Å². The van der Waals surface area contributed by atoms with Gasteiger partial charge in [0.25, 0.3) is 0 Å². The van der Waals surface area contributed by atoms with Gasteiger partial charge in [0.15, 0.2) is 0 Å². The Kier molecular flexibility index (Phi) is 1.39. The van der Waals surface area contributed by atoms with Crippen LogP contribution >= 0.6 is 0 Å². The molecule has 0 radical (unpaired) electrons. The van der Waals surface area contributed by atoms with Gasteiger partial charge in [-0.05, 0) is 18.8 Å². The van der Waals surface area contributed by atoms with Crippen LogP contribution in [0.25, 0.3) is 0 Å². The van der Waals surface area contributed by atoms with Crippen LogP contribution < -0.4 is 0 Å². The Morgan fingerprint density at radius 2 is 2.18 bits per heavy atom. The lowest BCUT2D eigenvalue weighted by Crippen LogP contribution is -2.56. The maximum absolute atomic E-state index is 11.5. The zero-order valence-electron chi connectivity index (χ0n) is 7.39. The smallest absolute Gasteiger partial charge is 0.142 e. The van der Waals surface area contributed by atoms with Crippen molar-refractivity contribution in [3.63, 3.8) is 0 Å². The lowest BCUT2D eigenvalue weighted by Gasteiger charge is -2.53. The van der Waals surface area contributed by atoms with Crippen molar-refractivity contribution in [2.45, 2.75) is 39.5 Å². The van der Waals surface area contributed by atoms with Crippen molar-refractivity contribution in [1.29, 1.82) is 0 Å². The molecule has 0 heterocycles. The Morgan fingerprint density at radius 3 is 2.82 bits per heavy atom. The molecule has 0 aromatic carbocycles. The van der Waals surface area contributed by atoms with Crippen molar-refractivity contribution in [1.82, 2.24) is 0 Å². The molecule has 0 amide bonds. The average molecular weight is 152 g/mol. The van der Waals surface area contributed by atoms with Gasteiger partial charge in [0.05, 0.1) is 0 Å². The average Bonchev–Trinajstić information content (AvgIpc) is 2.04. The fourth-order valence-electron chi connectivity index (χ4n) is 3.07. The minimum atomic E-state index is 0.109. The van der Waals surface area contributed by atoms with E-state index in [1.165, 1.54) is 19.3 Å². The summed E-state index contributed by atoms with van der Waals surface area (Å²) in [4.78, 5) is 11.5. The second-order valence-electron chi connectivity index (χ2n) is 4.42. The minimum absolute atomic E-state index is 0.109. The molecular weight excluding hydrogens is 136 g/mol. The zero-order chi connectivity index (χ0) is 8.06. The molecule has 3 unspecified atom stereocenters. The molecule has 0 saturated heterocycles. The van der Waals surface area contributed by atoms with Gasteiger partial charge in [-0.3, -0.25) is 4.79 Å². The summed E-state index contributed by atoms with van der Waals surface area (Å²) in [6.07, 6.45) is 5.06. The number of hydrogen-bond donors (Lipinski definition) is 0. The lowest BCUT2D eigenvalue weighted by atomic mass is 9.49. The number of carbonyl (C=O) groups is 1. The summed E-state index contributed by atoms with van der Waals surface area (Å²) in [5, 5.41) is 0. The molecule has 1 heteroatoms. The standard InChI is InChI=1S/C10H16O/c1-7-8-5-3-4-6-10(8,2)9(7)11/h7-8H,3-6H2,1-2H3. The summed E-state index contributed by atoms with van der Waals surface area (Å²) >= 11 is 0. The third-order valence-electron chi connectivity index (χ3n) is 3.86. The van der Waals surface area contributed by atoms with Crippen LogP contribution in [0.2, 0.25) is 0 Å². The van der Waals surface area contributed by atoms with E-state index in [0.29, 0.717) is 11.7 Å². The number of hydrogen-bond acceptors (Lipinski definition) is 1. The minimum Gasteiger partial charge on any atom is -0.299 e. The second-order valence-corrected chi connectivity index (χ2v) is 4.42. The molecule has 0 aliphatic heterocycles. The highest BCUT2D eigenvalue weighted by Gasteiger charge is 2.56. The van der Waals surface area contributed by atoms with E-state index in [-0.39, 0.29) is 5.41 Å². The van der Waals surface area contributed by atoms with Crippen LogP contribution in [-0.2, 0) is 4.79 Å². The first-order valence-electron chi connectivity index (χ1n) is 4.70. The third-order valence-corrected chi connectivity index (χ3v) is 3.86. The Balaban J connectivity index is 2.19. The van der Waals surface area contributed by atoms with E-state index in [4.69, 9.17) is 0 Å². The SMILES string of the molecule is CC1C(=O)C2(C)CCCCC12. The van der Waals surface area contributed by atoms with Gasteiger partial charge in [-0.1, -0.05) is 26.7 Å². The second kappa shape index (κ2) is 2.09. The fourth-order valence-corrected chi connectivity index (χ4v) is 3.07. The van der Waals surface area contributed by atoms with E-state index in [1.807, 2.05) is 0 Å². The third kappa shape index (κ3) is 0.743. The van der Waals surface area contributed by atoms with Crippen molar-refractivity contribution >= 4 is 5.78 Å². The van der Waals surface area contributed by atoms with Crippen LogP contribution in [0.5, 0.6) is 0 Å². The molecule has 2 aliphatic rings. The van der Waals surface area contributed by atoms with Crippen LogP contribution in [0.3, 0.4) is 0 Å². The van der Waals surface area contributed by atoms with Crippen LogP contribution in [0, 0.1) is 17.3 Å². The van der Waals surface area contributed by atoms with E-state index < -0.39 is 0 Å². The molecule has 0 bridgehead atoms. The molecule has 0 aromatic rings. The van der Waals surface area contributed by atoms with Gasteiger partial charge in [-0.2, -0.15) is 0 Å². The Bertz CT molecular complexity index is 197. The van der Waals surface area contributed by atoms with Gasteiger partial charge in [0.2, 0.25) is 0 Å². The summed E-state index contributed by atoms with van der Waals surface area (Å²) < 4.78 is 0. The predicted octanol–water partition coefficient (Wildman–Crippen LogP) is 2.40. The molecule has 2 rings (SSSR count). The largest absolute Gasteiger partial charge is 0.299 e. The Morgan fingerprint density at radius 1 is 1.45 bits per heavy atom. The summed E-state index contributed by atoms with van der Waals surface area (Å²) in [7, 11) is 0. The van der Waals surface area contributed by atoms with Crippen molar-refractivity contribution in [3.05, 3.63) is 0 Å². The van der Waals surface area contributed by atoms with Gasteiger partial charge in [0, 0.05) is 11.3 Å². The summed E-state index contributed by atoms with van der Waals surface area (Å²) in [5.74, 6) is 1.63. The number of rotatable bonds is 0. The van der Waals surface area contributed by atoms with Gasteiger partial charge in [-0.15, -0.1) is 0 Å². The summed E-state index contributed by atoms with van der Waals surface area (Å²) in [5.41, 5.74) is 0.109. The van der Waals surface area contributed by atoms with Crippen LogP contribution in [0.1, 0.15) is 39.5 Å². The highest BCUT2D eigenvalue weighted by atomic mass is 16.1. The van der Waals surface area contributed by atoms with Gasteiger partial charge in [-0.25, -0.2) is 0 Å². The number of Topliss-reactive ketones (excluding diaryl/α,β-unsaturated/α-hetero) is 1. The highest BCUT2D eigenvalue weighted by molar-refractivity contribution is 5.93. The molecule has 0 N–H and O–H groups in total. The first-order chi connectivity index (χ1) is 5.16. The first kappa shape index (κ1) is 7.33. The fraction of sp³-hybridized carbons (Fsp3) is 0.900. The first-order valence-corrected chi connectivity index (χ1v) is 4.70. The monoisotopic (exact) mass is 152 g/mol. The van der Waals surface area contributed by atoms with Crippen molar-refractivity contribution in [3.8, 4) is 0 Å². The molecular formula is C10H16O. The van der Waals surface area contributed by atoms with Gasteiger partial charge in [0.1, 0.15) is 5.78 Å². The van der Waals surface area contributed by atoms with E-state index in [0.717, 1.165) is 12.3 Å². The number of ketones is 1. The zero-order valence-corrected chi connectivity index (χ0v) is 7.39. The van der Waals surface area contributed by atoms with Crippen molar-refractivity contribution in [2.75, 3.05) is 0 Å². The molecule has 2 fully saturated rings. The maximum atomic E-state index is 11.5. The number of fused-ring (bicyclic) bond motifs is 1. The summed E-state index contributed by atoms with van der Waals surface area (Å²) in [6, 6.07) is 0. The highest BCUT2D eigenvalue weighted by Crippen LogP contribution is 2.55. The topological polar surface area (TPSA) is 17.1 Å². The molecule has 2 aliphatic carbocycles. The van der Waals surface area contributed by atoms with Crippen LogP contribution in [0.4, 0.5) is 0 Å². The van der Waals surface area contributed by atoms with E-state index in [1.54, 1.807) is 0 Å². The van der Waals surface area contributed by atoms with E-state index >= 15 is 0 Å². The van der Waals surface area contributed by atoms with Crippen molar-refractivity contribution < 1.29 is 4.79 Å². The number of carbonyl (C=O) groups excluding carboxylic acids is 1. The van der Waals surface area contributed by atoms with Crippen LogP contribution in [0.15, 0.2) is 0 Å². The van der Waals surface area contributed by atoms with Crippen LogP contribution in [-0.4, -0.2) is 5.78 Å². The Hall–Kier alpha value is -0.330. The molecule has 3 atom stereocenters. The maximum Gasteiger partial charge on any atom is 0.142 e. The molecule has 1 nitrogen and oxygen atoms in total. The van der Waals surface area contributed by atoms with Gasteiger partial charge < -0.3 is 0 Å². The van der Waals surface area contributed by atoms with Crippen molar-refractivity contribution in [2.24, 2.45) is 17.3 Å². The lowest BCUT2D eigenvalue weighted by molar-refractivity contribution is -0.158. The molecule has 2 saturated carbocycles. The summed E-state index contributed by atoms with van der Waals surface area (Å²) in [6.45, 7) is 4.26. The Labute approximate surface area is 68.2 Å². The quantitative estimate of drug-likeness (QED) is 0.521. The molecule has 11 heavy (non-hydrogen) atoms. The molecule has 0 spiro atoms. The van der Waals surface area contributed by atoms with E-state index in [9.17, 15) is 4.79 Å². The predicted molar refractivity (Wildman–Crippen MR) is 44.2 cm³/mol. The normalized spacial score (nSPS) is 49.8.